The van der Waals surface area contributed by atoms with Crippen LogP contribution in [0.1, 0.15) is 29.1 Å². The van der Waals surface area contributed by atoms with Crippen LogP contribution in [0.2, 0.25) is 0 Å². The van der Waals surface area contributed by atoms with Gasteiger partial charge in [-0.15, -0.1) is 10.2 Å². The molecule has 0 fully saturated rings. The van der Waals surface area contributed by atoms with Crippen LogP contribution in [0.25, 0.3) is 0 Å². The van der Waals surface area contributed by atoms with Crippen LogP contribution < -0.4 is 9.47 Å². The molecule has 0 bridgehead atoms. The van der Waals surface area contributed by atoms with Gasteiger partial charge in [0.1, 0.15) is 0 Å². The Morgan fingerprint density at radius 3 is 2.62 bits per heavy atom. The molecule has 7 heteroatoms. The number of carbonyl (C=O) groups is 1. The summed E-state index contributed by atoms with van der Waals surface area (Å²) in [6.07, 6.45) is 0.382. The Hall–Kier alpha value is -2.57. The molecule has 7 nitrogen and oxygen atoms in total. The SMILES string of the molecule is CCOC(=O)c1nnc(Cc2ccc(OC)c(OC)c2)o1. The van der Waals surface area contributed by atoms with Crippen LogP contribution in [0, 0.1) is 0 Å². The van der Waals surface area contributed by atoms with Crippen molar-refractivity contribution >= 4 is 5.97 Å². The zero-order valence-corrected chi connectivity index (χ0v) is 12.1. The minimum absolute atomic E-state index is 0.146. The van der Waals surface area contributed by atoms with Gasteiger partial charge in [-0.2, -0.15) is 0 Å². The Labute approximate surface area is 121 Å². The Balaban J connectivity index is 2.13. The van der Waals surface area contributed by atoms with Crippen molar-refractivity contribution in [3.8, 4) is 11.5 Å². The average Bonchev–Trinajstić information content (AvgIpc) is 2.96. The minimum atomic E-state index is -0.622. The molecule has 2 rings (SSSR count). The molecule has 0 atom stereocenters. The van der Waals surface area contributed by atoms with Crippen molar-refractivity contribution in [2.45, 2.75) is 13.3 Å². The van der Waals surface area contributed by atoms with E-state index in [0.29, 0.717) is 23.8 Å². The molecule has 2 aromatic rings. The van der Waals surface area contributed by atoms with Gasteiger partial charge in [0, 0.05) is 0 Å². The fraction of sp³-hybridized carbons (Fsp3) is 0.357. The van der Waals surface area contributed by atoms with E-state index in [4.69, 9.17) is 18.6 Å². The van der Waals surface area contributed by atoms with E-state index in [0.717, 1.165) is 5.56 Å². The molecule has 0 spiro atoms. The van der Waals surface area contributed by atoms with Crippen molar-refractivity contribution in [1.29, 1.82) is 0 Å². The molecular weight excluding hydrogens is 276 g/mol. The van der Waals surface area contributed by atoms with E-state index in [2.05, 4.69) is 10.2 Å². The highest BCUT2D eigenvalue weighted by atomic mass is 16.5. The standard InChI is InChI=1S/C14H16N2O5/c1-4-20-14(17)13-16-15-12(21-13)8-9-5-6-10(18-2)11(7-9)19-3/h5-7H,4,8H2,1-3H3. The van der Waals surface area contributed by atoms with Crippen LogP contribution >= 0.6 is 0 Å². The topological polar surface area (TPSA) is 83.7 Å². The average molecular weight is 292 g/mol. The molecule has 112 valence electrons. The number of methoxy groups -OCH3 is 2. The van der Waals surface area contributed by atoms with E-state index in [-0.39, 0.29) is 12.5 Å². The van der Waals surface area contributed by atoms with Gasteiger partial charge >= 0.3 is 11.9 Å². The van der Waals surface area contributed by atoms with Gasteiger partial charge in [-0.25, -0.2) is 4.79 Å². The normalized spacial score (nSPS) is 10.2. The zero-order chi connectivity index (χ0) is 15.2. The predicted octanol–water partition coefficient (Wildman–Crippen LogP) is 1.85. The van der Waals surface area contributed by atoms with E-state index in [9.17, 15) is 4.79 Å². The Morgan fingerprint density at radius 2 is 1.95 bits per heavy atom. The fourth-order valence-electron chi connectivity index (χ4n) is 1.77. The third-order valence-electron chi connectivity index (χ3n) is 2.72. The number of benzene rings is 1. The maximum absolute atomic E-state index is 11.4. The van der Waals surface area contributed by atoms with E-state index in [1.165, 1.54) is 0 Å². The third kappa shape index (κ3) is 3.50. The summed E-state index contributed by atoms with van der Waals surface area (Å²) in [5.74, 6) is 0.806. The molecule has 21 heavy (non-hydrogen) atoms. The second-order valence-corrected chi connectivity index (χ2v) is 4.09. The molecule has 0 saturated heterocycles. The van der Waals surface area contributed by atoms with Crippen LogP contribution in [-0.4, -0.2) is 37.0 Å². The maximum Gasteiger partial charge on any atom is 0.396 e. The summed E-state index contributed by atoms with van der Waals surface area (Å²) in [5, 5.41) is 7.48. The van der Waals surface area contributed by atoms with E-state index in [1.807, 2.05) is 12.1 Å². The van der Waals surface area contributed by atoms with Crippen molar-refractivity contribution < 1.29 is 23.4 Å². The van der Waals surface area contributed by atoms with E-state index < -0.39 is 5.97 Å². The lowest BCUT2D eigenvalue weighted by molar-refractivity contribution is 0.0479. The monoisotopic (exact) mass is 292 g/mol. The summed E-state index contributed by atoms with van der Waals surface area (Å²) in [7, 11) is 3.13. The first-order valence-electron chi connectivity index (χ1n) is 6.38. The summed E-state index contributed by atoms with van der Waals surface area (Å²) in [4.78, 5) is 11.4. The van der Waals surface area contributed by atoms with Crippen LogP contribution in [0.4, 0.5) is 0 Å². The molecule has 1 aromatic carbocycles. The number of rotatable bonds is 6. The first kappa shape index (κ1) is 14.8. The highest BCUT2D eigenvalue weighted by Gasteiger charge is 2.16. The molecule has 1 heterocycles. The number of hydrogen-bond donors (Lipinski definition) is 0. The molecular formula is C14H16N2O5. The van der Waals surface area contributed by atoms with Gasteiger partial charge < -0.3 is 18.6 Å². The molecule has 0 aliphatic rings. The number of esters is 1. The molecule has 0 aliphatic heterocycles. The van der Waals surface area contributed by atoms with Gasteiger partial charge in [-0.05, 0) is 24.6 Å². The number of nitrogens with zero attached hydrogens (tertiary/aromatic N) is 2. The lowest BCUT2D eigenvalue weighted by Crippen LogP contribution is -2.04. The number of ether oxygens (including phenoxy) is 3. The summed E-state index contributed by atoms with van der Waals surface area (Å²) >= 11 is 0. The lowest BCUT2D eigenvalue weighted by Gasteiger charge is -2.08. The van der Waals surface area contributed by atoms with E-state index >= 15 is 0 Å². The summed E-state index contributed by atoms with van der Waals surface area (Å²) < 4.78 is 20.4. The summed E-state index contributed by atoms with van der Waals surface area (Å²) in [6, 6.07) is 5.46. The second kappa shape index (κ2) is 6.74. The van der Waals surface area contributed by atoms with Gasteiger partial charge in [-0.3, -0.25) is 0 Å². The minimum Gasteiger partial charge on any atom is -0.493 e. The molecule has 1 aromatic heterocycles. The van der Waals surface area contributed by atoms with Crippen molar-refractivity contribution in [1.82, 2.24) is 10.2 Å². The highest BCUT2D eigenvalue weighted by Crippen LogP contribution is 2.28. The molecule has 0 aliphatic carbocycles. The van der Waals surface area contributed by atoms with E-state index in [1.54, 1.807) is 27.2 Å². The van der Waals surface area contributed by atoms with Crippen molar-refractivity contribution in [2.24, 2.45) is 0 Å². The molecule has 0 N–H and O–H groups in total. The van der Waals surface area contributed by atoms with Crippen LogP contribution in [0.5, 0.6) is 11.5 Å². The quantitative estimate of drug-likeness (QED) is 0.751. The van der Waals surface area contributed by atoms with Gasteiger partial charge in [0.05, 0.1) is 27.2 Å². The highest BCUT2D eigenvalue weighted by molar-refractivity contribution is 5.83. The Morgan fingerprint density at radius 1 is 1.19 bits per heavy atom. The zero-order valence-electron chi connectivity index (χ0n) is 12.1. The van der Waals surface area contributed by atoms with Gasteiger partial charge in [0.15, 0.2) is 11.5 Å². The van der Waals surface area contributed by atoms with Gasteiger partial charge in [0.2, 0.25) is 5.89 Å². The molecule has 0 unspecified atom stereocenters. The first-order valence-corrected chi connectivity index (χ1v) is 6.38. The summed E-state index contributed by atoms with van der Waals surface area (Å²) in [6.45, 7) is 1.96. The van der Waals surface area contributed by atoms with Crippen LogP contribution in [-0.2, 0) is 11.2 Å². The van der Waals surface area contributed by atoms with Crippen LogP contribution in [0.15, 0.2) is 22.6 Å². The molecule has 0 amide bonds. The predicted molar refractivity (Wildman–Crippen MR) is 72.6 cm³/mol. The third-order valence-corrected chi connectivity index (χ3v) is 2.72. The molecule has 0 saturated carbocycles. The molecule has 0 radical (unpaired) electrons. The van der Waals surface area contributed by atoms with Crippen molar-refractivity contribution in [3.63, 3.8) is 0 Å². The van der Waals surface area contributed by atoms with Gasteiger partial charge in [0.25, 0.3) is 0 Å². The van der Waals surface area contributed by atoms with Crippen LogP contribution in [0.3, 0.4) is 0 Å². The maximum atomic E-state index is 11.4. The number of aromatic nitrogens is 2. The Kier molecular flexibility index (Phi) is 4.76. The first-order chi connectivity index (χ1) is 10.2. The lowest BCUT2D eigenvalue weighted by atomic mass is 10.1. The largest absolute Gasteiger partial charge is 0.493 e. The van der Waals surface area contributed by atoms with Gasteiger partial charge in [-0.1, -0.05) is 6.07 Å². The number of hydrogen-bond acceptors (Lipinski definition) is 7. The smallest absolute Gasteiger partial charge is 0.396 e. The second-order valence-electron chi connectivity index (χ2n) is 4.09. The van der Waals surface area contributed by atoms with Crippen molar-refractivity contribution in [2.75, 3.05) is 20.8 Å². The number of carbonyl (C=O) groups excluding carboxylic acids is 1. The van der Waals surface area contributed by atoms with Crippen molar-refractivity contribution in [3.05, 3.63) is 35.5 Å². The summed E-state index contributed by atoms with van der Waals surface area (Å²) in [5.41, 5.74) is 0.895. The fourth-order valence-corrected chi connectivity index (χ4v) is 1.77. The Bertz CT molecular complexity index is 624.